The predicted molar refractivity (Wildman–Crippen MR) is 157 cm³/mol. The molecule has 0 saturated heterocycles. The molecule has 5 rings (SSSR count). The van der Waals surface area contributed by atoms with Crippen molar-refractivity contribution in [2.24, 2.45) is 4.99 Å². The third kappa shape index (κ3) is 5.68. The van der Waals surface area contributed by atoms with Crippen LogP contribution in [0.5, 0.6) is 11.5 Å². The molecule has 0 radical (unpaired) electrons. The van der Waals surface area contributed by atoms with Gasteiger partial charge < -0.3 is 18.6 Å². The molecule has 11 heteroatoms. The maximum Gasteiger partial charge on any atom is 0.338 e. The molecule has 0 N–H and O–H groups in total. The van der Waals surface area contributed by atoms with Crippen LogP contribution in [0.25, 0.3) is 17.4 Å². The van der Waals surface area contributed by atoms with Gasteiger partial charge in [0.15, 0.2) is 16.3 Å². The molecule has 0 amide bonds. The molecule has 3 heterocycles. The molecular weight excluding hydrogens is 612 g/mol. The minimum atomic E-state index is -0.859. The van der Waals surface area contributed by atoms with Gasteiger partial charge in [0.25, 0.3) is 5.56 Å². The van der Waals surface area contributed by atoms with Crippen LogP contribution in [0.4, 0.5) is 0 Å². The van der Waals surface area contributed by atoms with Crippen molar-refractivity contribution in [3.8, 4) is 22.8 Å². The van der Waals surface area contributed by atoms with Crippen LogP contribution in [0, 0.1) is 0 Å². The Bertz CT molecular complexity index is 1870. The summed E-state index contributed by atoms with van der Waals surface area (Å²) in [4.78, 5) is 43.6. The number of carbonyl (C=O) groups is 2. The fraction of sp³-hybridized carbons (Fsp3) is 0.200. The monoisotopic (exact) mass is 636 g/mol. The topological polar surface area (TPSA) is 109 Å². The Morgan fingerprint density at radius 1 is 1.12 bits per heavy atom. The quantitative estimate of drug-likeness (QED) is 0.213. The zero-order valence-corrected chi connectivity index (χ0v) is 25.0. The number of fused-ring (bicyclic) bond motifs is 1. The van der Waals surface area contributed by atoms with Crippen LogP contribution >= 0.6 is 27.3 Å². The predicted octanol–water partition coefficient (Wildman–Crippen LogP) is 4.75. The van der Waals surface area contributed by atoms with Crippen LogP contribution in [-0.4, -0.2) is 30.2 Å². The Morgan fingerprint density at radius 2 is 1.88 bits per heavy atom. The number of allylic oxidation sites excluding steroid dienone is 1. The summed E-state index contributed by atoms with van der Waals surface area (Å²) >= 11 is 4.62. The molecule has 2 aromatic carbocycles. The van der Waals surface area contributed by atoms with Crippen molar-refractivity contribution in [1.29, 1.82) is 0 Å². The summed E-state index contributed by atoms with van der Waals surface area (Å²) < 4.78 is 24.9. The lowest BCUT2D eigenvalue weighted by atomic mass is 9.95. The first-order valence-electron chi connectivity index (χ1n) is 12.6. The minimum Gasteiger partial charge on any atom is -0.493 e. The molecule has 0 spiro atoms. The van der Waals surface area contributed by atoms with E-state index in [2.05, 4.69) is 20.9 Å². The largest absolute Gasteiger partial charge is 0.493 e. The number of rotatable bonds is 7. The first-order valence-corrected chi connectivity index (χ1v) is 14.2. The number of furan rings is 1. The summed E-state index contributed by atoms with van der Waals surface area (Å²) in [7, 11) is 1.44. The molecule has 1 aliphatic heterocycles. The minimum absolute atomic E-state index is 0.153. The highest BCUT2D eigenvalue weighted by Gasteiger charge is 2.34. The van der Waals surface area contributed by atoms with E-state index in [4.69, 9.17) is 18.6 Å². The molecule has 0 unspecified atom stereocenters. The van der Waals surface area contributed by atoms with Gasteiger partial charge in [0.05, 0.1) is 35.6 Å². The number of methoxy groups -OCH3 is 1. The van der Waals surface area contributed by atoms with Crippen molar-refractivity contribution in [3.05, 3.63) is 101 Å². The molecule has 0 aliphatic carbocycles. The summed E-state index contributed by atoms with van der Waals surface area (Å²) in [5, 5.41) is 0. The third-order valence-corrected chi connectivity index (χ3v) is 7.81. The number of aromatic nitrogens is 1. The summed E-state index contributed by atoms with van der Waals surface area (Å²) in [5.74, 6) is 0.561. The van der Waals surface area contributed by atoms with Crippen LogP contribution in [0.2, 0.25) is 0 Å². The normalized spacial score (nSPS) is 14.9. The van der Waals surface area contributed by atoms with Gasteiger partial charge in [-0.2, -0.15) is 0 Å². The van der Waals surface area contributed by atoms with E-state index in [-0.39, 0.29) is 29.2 Å². The summed E-state index contributed by atoms with van der Waals surface area (Å²) in [5.41, 5.74) is 1.76. The van der Waals surface area contributed by atoms with Crippen LogP contribution in [0.15, 0.2) is 84.5 Å². The van der Waals surface area contributed by atoms with E-state index in [0.717, 1.165) is 10.0 Å². The van der Waals surface area contributed by atoms with E-state index >= 15 is 0 Å². The Balaban J connectivity index is 1.64. The number of halogens is 1. The van der Waals surface area contributed by atoms with Crippen molar-refractivity contribution in [2.75, 3.05) is 13.7 Å². The molecular formula is C30H25BrN2O7S. The second-order valence-electron chi connectivity index (χ2n) is 9.02. The number of hydrogen-bond acceptors (Lipinski definition) is 9. The molecule has 9 nitrogen and oxygen atoms in total. The van der Waals surface area contributed by atoms with Crippen molar-refractivity contribution < 1.29 is 28.2 Å². The summed E-state index contributed by atoms with van der Waals surface area (Å²) in [6.07, 6.45) is 1.66. The maximum absolute atomic E-state index is 13.9. The van der Waals surface area contributed by atoms with E-state index in [1.54, 1.807) is 44.2 Å². The number of ether oxygens (including phenoxy) is 3. The number of nitrogens with zero attached hydrogens (tertiary/aromatic N) is 2. The number of carbonyl (C=O) groups excluding carboxylic acids is 2. The van der Waals surface area contributed by atoms with Crippen LogP contribution < -0.4 is 24.4 Å². The molecule has 2 aromatic heterocycles. The van der Waals surface area contributed by atoms with Crippen LogP contribution in [-0.2, 0) is 14.3 Å². The number of thiazole rings is 1. The number of benzene rings is 2. The second kappa shape index (κ2) is 11.7. The highest BCUT2D eigenvalue weighted by Crippen LogP contribution is 2.36. The van der Waals surface area contributed by atoms with Gasteiger partial charge in [-0.15, -0.1) is 0 Å². The summed E-state index contributed by atoms with van der Waals surface area (Å²) in [6.45, 7) is 4.86. The van der Waals surface area contributed by atoms with Crippen molar-refractivity contribution in [2.45, 2.75) is 26.8 Å². The molecule has 210 valence electrons. The lowest BCUT2D eigenvalue weighted by Gasteiger charge is -2.25. The highest BCUT2D eigenvalue weighted by molar-refractivity contribution is 9.10. The smallest absolute Gasteiger partial charge is 0.338 e. The van der Waals surface area contributed by atoms with E-state index in [1.807, 2.05) is 30.3 Å². The van der Waals surface area contributed by atoms with Gasteiger partial charge in [0.2, 0.25) is 0 Å². The first-order chi connectivity index (χ1) is 19.7. The van der Waals surface area contributed by atoms with Crippen molar-refractivity contribution in [1.82, 2.24) is 4.57 Å². The lowest BCUT2D eigenvalue weighted by Crippen LogP contribution is -2.39. The number of esters is 2. The van der Waals surface area contributed by atoms with Gasteiger partial charge in [-0.05, 0) is 55.8 Å². The molecule has 0 fully saturated rings. The molecule has 1 aliphatic rings. The fourth-order valence-electron chi connectivity index (χ4n) is 4.53. The van der Waals surface area contributed by atoms with Gasteiger partial charge in [-0.3, -0.25) is 14.2 Å². The van der Waals surface area contributed by atoms with E-state index in [1.165, 1.54) is 29.9 Å². The molecule has 0 saturated carbocycles. The van der Waals surface area contributed by atoms with Crippen molar-refractivity contribution >= 4 is 45.3 Å². The zero-order valence-electron chi connectivity index (χ0n) is 22.6. The van der Waals surface area contributed by atoms with E-state index < -0.39 is 18.0 Å². The average Bonchev–Trinajstić information content (AvgIpc) is 3.52. The highest BCUT2D eigenvalue weighted by atomic mass is 79.9. The molecule has 41 heavy (non-hydrogen) atoms. The zero-order chi connectivity index (χ0) is 29.3. The Morgan fingerprint density at radius 3 is 2.56 bits per heavy atom. The maximum atomic E-state index is 13.9. The first kappa shape index (κ1) is 28.3. The van der Waals surface area contributed by atoms with E-state index in [0.29, 0.717) is 32.1 Å². The Kier molecular flexibility index (Phi) is 8.09. The van der Waals surface area contributed by atoms with Gasteiger partial charge in [0.1, 0.15) is 11.5 Å². The van der Waals surface area contributed by atoms with Crippen LogP contribution in [0.1, 0.15) is 38.1 Å². The molecule has 1 atom stereocenters. The summed E-state index contributed by atoms with van der Waals surface area (Å²) in [6, 6.07) is 15.4. The lowest BCUT2D eigenvalue weighted by molar-refractivity contribution is -0.139. The fourth-order valence-corrected chi connectivity index (χ4v) is 5.82. The molecule has 0 bridgehead atoms. The second-order valence-corrected chi connectivity index (χ2v) is 10.9. The SMILES string of the molecule is CCOC(=O)C1=C(C)N=c2s/c(=C/c3ccc(-c4ccc(Br)cc4)o3)c(=O)n2[C@H]1c1ccc(OC(C)=O)c(OC)c1. The Labute approximate surface area is 247 Å². The Hall–Kier alpha value is -4.22. The van der Waals surface area contributed by atoms with Crippen molar-refractivity contribution in [3.63, 3.8) is 0 Å². The third-order valence-electron chi connectivity index (χ3n) is 6.30. The number of hydrogen-bond donors (Lipinski definition) is 0. The van der Waals surface area contributed by atoms with Gasteiger partial charge in [-0.1, -0.05) is 45.5 Å². The average molecular weight is 638 g/mol. The standard InChI is InChI=1S/C30H25BrN2O7S/c1-5-38-29(36)26-16(2)32-30-33(27(26)19-8-12-23(39-17(3)34)24(14-19)37-4)28(35)25(41-30)15-21-11-13-22(40-21)18-6-9-20(31)10-7-18/h6-15,27H,5H2,1-4H3/b25-15+/t27-/m0/s1. The van der Waals surface area contributed by atoms with Gasteiger partial charge in [0, 0.05) is 23.0 Å². The molecule has 4 aromatic rings. The van der Waals surface area contributed by atoms with Gasteiger partial charge >= 0.3 is 11.9 Å². The van der Waals surface area contributed by atoms with E-state index in [9.17, 15) is 14.4 Å². The van der Waals surface area contributed by atoms with Crippen LogP contribution in [0.3, 0.4) is 0 Å². The van der Waals surface area contributed by atoms with Gasteiger partial charge in [-0.25, -0.2) is 9.79 Å².